The van der Waals surface area contributed by atoms with E-state index in [0.717, 1.165) is 64.2 Å². The van der Waals surface area contributed by atoms with Gasteiger partial charge < -0.3 is 19.3 Å². The van der Waals surface area contributed by atoms with Crippen LogP contribution in [0.2, 0.25) is 0 Å². The second-order valence-electron chi connectivity index (χ2n) is 15.3. The molecule has 1 N–H and O–H groups in total. The monoisotopic (exact) mass is 679 g/mol. The van der Waals surface area contributed by atoms with Gasteiger partial charge in [-0.3, -0.25) is 9.59 Å². The maximum atomic E-state index is 13.1. The van der Waals surface area contributed by atoms with E-state index < -0.39 is 5.97 Å². The minimum atomic E-state index is -0.727. The lowest BCUT2D eigenvalue weighted by atomic mass is 9.87. The standard InChI is InChI=1S/C42H78O6/c1-4-7-10-12-15-20-28-37-38(46-37)29-22-17-14-18-23-32-42(45)48-36(27-19-9-6-3)35(26-24-25-31-41(43)44)33-34-40-39(47-40)30-21-16-13-11-8-5-2/h35-40H,4-34H2,1-3H3,(H,43,44). The summed E-state index contributed by atoms with van der Waals surface area (Å²) in [4.78, 5) is 24.2. The maximum absolute atomic E-state index is 13.1. The molecule has 2 aliphatic heterocycles. The number of ether oxygens (including phenoxy) is 3. The third-order valence-electron chi connectivity index (χ3n) is 10.9. The molecule has 2 saturated heterocycles. The van der Waals surface area contributed by atoms with E-state index >= 15 is 0 Å². The van der Waals surface area contributed by atoms with E-state index in [1.165, 1.54) is 116 Å². The first-order chi connectivity index (χ1) is 23.5. The summed E-state index contributed by atoms with van der Waals surface area (Å²) in [7, 11) is 0. The average molecular weight is 679 g/mol. The summed E-state index contributed by atoms with van der Waals surface area (Å²) in [6.45, 7) is 6.75. The fourth-order valence-electron chi connectivity index (χ4n) is 7.56. The Bertz CT molecular complexity index is 786. The number of carboxylic acids is 1. The predicted octanol–water partition coefficient (Wildman–Crippen LogP) is 12.3. The van der Waals surface area contributed by atoms with Crippen LogP contribution in [0.1, 0.15) is 220 Å². The number of carbonyl (C=O) groups excluding carboxylic acids is 1. The van der Waals surface area contributed by atoms with Crippen molar-refractivity contribution in [3.8, 4) is 0 Å². The molecular formula is C42H78O6. The van der Waals surface area contributed by atoms with Crippen molar-refractivity contribution in [3.05, 3.63) is 0 Å². The molecule has 0 saturated carbocycles. The van der Waals surface area contributed by atoms with Crippen molar-refractivity contribution in [1.29, 1.82) is 0 Å². The Balaban J connectivity index is 1.66. The largest absolute Gasteiger partial charge is 0.481 e. The molecule has 6 atom stereocenters. The zero-order valence-corrected chi connectivity index (χ0v) is 31.9. The molecule has 0 aromatic heterocycles. The molecule has 0 bridgehead atoms. The summed E-state index contributed by atoms with van der Waals surface area (Å²) < 4.78 is 18.2. The molecule has 6 unspecified atom stereocenters. The number of aliphatic carboxylic acids is 1. The summed E-state index contributed by atoms with van der Waals surface area (Å²) in [5.74, 6) is -0.484. The first-order valence-electron chi connectivity index (χ1n) is 21.2. The van der Waals surface area contributed by atoms with Crippen LogP contribution in [0.25, 0.3) is 0 Å². The Hall–Kier alpha value is -1.14. The summed E-state index contributed by atoms with van der Waals surface area (Å²) in [5, 5.41) is 9.15. The molecule has 2 aliphatic rings. The smallest absolute Gasteiger partial charge is 0.306 e. The van der Waals surface area contributed by atoms with Crippen molar-refractivity contribution >= 4 is 11.9 Å². The highest BCUT2D eigenvalue weighted by atomic mass is 16.6. The van der Waals surface area contributed by atoms with Gasteiger partial charge in [0, 0.05) is 12.8 Å². The van der Waals surface area contributed by atoms with Crippen LogP contribution in [0.5, 0.6) is 0 Å². The van der Waals surface area contributed by atoms with Gasteiger partial charge >= 0.3 is 11.9 Å². The Morgan fingerprint density at radius 1 is 0.500 bits per heavy atom. The quantitative estimate of drug-likeness (QED) is 0.0403. The Kier molecular flexibility index (Phi) is 25.6. The van der Waals surface area contributed by atoms with Gasteiger partial charge in [0.25, 0.3) is 0 Å². The third-order valence-corrected chi connectivity index (χ3v) is 10.9. The molecule has 2 heterocycles. The summed E-state index contributed by atoms with van der Waals surface area (Å²) >= 11 is 0. The summed E-state index contributed by atoms with van der Waals surface area (Å²) in [6, 6.07) is 0. The lowest BCUT2D eigenvalue weighted by Crippen LogP contribution is -2.28. The second kappa shape index (κ2) is 28.5. The Morgan fingerprint density at radius 2 is 0.917 bits per heavy atom. The zero-order chi connectivity index (χ0) is 34.7. The Morgan fingerprint density at radius 3 is 1.44 bits per heavy atom. The molecule has 0 aromatic carbocycles. The van der Waals surface area contributed by atoms with Gasteiger partial charge in [-0.25, -0.2) is 0 Å². The van der Waals surface area contributed by atoms with E-state index in [1.54, 1.807) is 0 Å². The van der Waals surface area contributed by atoms with Crippen molar-refractivity contribution in [2.24, 2.45) is 5.92 Å². The molecule has 2 rings (SSSR count). The number of esters is 1. The van der Waals surface area contributed by atoms with Crippen LogP contribution in [0, 0.1) is 5.92 Å². The average Bonchev–Trinajstić information content (AvgIpc) is 4.00. The van der Waals surface area contributed by atoms with Crippen molar-refractivity contribution in [3.63, 3.8) is 0 Å². The molecular weight excluding hydrogens is 600 g/mol. The van der Waals surface area contributed by atoms with Crippen molar-refractivity contribution in [2.75, 3.05) is 0 Å². The van der Waals surface area contributed by atoms with Crippen LogP contribution in [0.15, 0.2) is 0 Å². The minimum absolute atomic E-state index is 0.0421. The summed E-state index contributed by atoms with van der Waals surface area (Å²) in [5.41, 5.74) is 0. The van der Waals surface area contributed by atoms with Crippen LogP contribution in [-0.2, 0) is 23.8 Å². The fraction of sp³-hybridized carbons (Fsp3) is 0.952. The SMILES string of the molecule is CCCCCCCCC1OC1CCCCCCCC(=O)OC(CCCCC)C(CCCCC(=O)O)CCC1OC1CCCCCCCC. The number of carbonyl (C=O) groups is 2. The second-order valence-corrected chi connectivity index (χ2v) is 15.3. The summed E-state index contributed by atoms with van der Waals surface area (Å²) in [6.07, 6.45) is 36.5. The van der Waals surface area contributed by atoms with Crippen molar-refractivity contribution in [1.82, 2.24) is 0 Å². The van der Waals surface area contributed by atoms with Crippen LogP contribution in [-0.4, -0.2) is 47.6 Å². The molecule has 48 heavy (non-hydrogen) atoms. The molecule has 0 radical (unpaired) electrons. The van der Waals surface area contributed by atoms with Gasteiger partial charge in [-0.15, -0.1) is 0 Å². The molecule has 0 aromatic rings. The van der Waals surface area contributed by atoms with Crippen LogP contribution in [0.4, 0.5) is 0 Å². The van der Waals surface area contributed by atoms with Gasteiger partial charge in [0.2, 0.25) is 0 Å². The molecule has 6 heteroatoms. The topological polar surface area (TPSA) is 88.7 Å². The van der Waals surface area contributed by atoms with E-state index in [0.29, 0.717) is 37.3 Å². The van der Waals surface area contributed by atoms with Gasteiger partial charge in [-0.05, 0) is 70.1 Å². The van der Waals surface area contributed by atoms with E-state index in [4.69, 9.17) is 19.3 Å². The molecule has 0 aliphatic carbocycles. The van der Waals surface area contributed by atoms with Crippen LogP contribution >= 0.6 is 0 Å². The number of rotatable bonds is 36. The highest BCUT2D eigenvalue weighted by Gasteiger charge is 2.39. The number of carboxylic acid groups (broad SMARTS) is 1. The molecule has 0 spiro atoms. The van der Waals surface area contributed by atoms with Gasteiger partial charge in [0.1, 0.15) is 6.10 Å². The molecule has 6 nitrogen and oxygen atoms in total. The first-order valence-corrected chi connectivity index (χ1v) is 21.2. The Labute approximate surface area is 296 Å². The normalized spacial score (nSPS) is 21.2. The van der Waals surface area contributed by atoms with Crippen LogP contribution < -0.4 is 0 Å². The number of epoxide rings is 2. The molecule has 282 valence electrons. The number of hydrogen-bond acceptors (Lipinski definition) is 5. The minimum Gasteiger partial charge on any atom is -0.481 e. The highest BCUT2D eigenvalue weighted by molar-refractivity contribution is 5.69. The van der Waals surface area contributed by atoms with Gasteiger partial charge in [-0.1, -0.05) is 143 Å². The number of hydrogen-bond donors (Lipinski definition) is 1. The van der Waals surface area contributed by atoms with Gasteiger partial charge in [0.05, 0.1) is 24.4 Å². The third kappa shape index (κ3) is 22.6. The predicted molar refractivity (Wildman–Crippen MR) is 198 cm³/mol. The van der Waals surface area contributed by atoms with E-state index in [-0.39, 0.29) is 24.4 Å². The van der Waals surface area contributed by atoms with Gasteiger partial charge in [-0.2, -0.15) is 0 Å². The van der Waals surface area contributed by atoms with Crippen LogP contribution in [0.3, 0.4) is 0 Å². The van der Waals surface area contributed by atoms with E-state index in [2.05, 4.69) is 20.8 Å². The zero-order valence-electron chi connectivity index (χ0n) is 31.9. The lowest BCUT2D eigenvalue weighted by molar-refractivity contribution is -0.153. The first kappa shape index (κ1) is 43.0. The van der Waals surface area contributed by atoms with Gasteiger partial charge in [0.15, 0.2) is 0 Å². The molecule has 0 amide bonds. The van der Waals surface area contributed by atoms with Crippen molar-refractivity contribution < 1.29 is 28.9 Å². The van der Waals surface area contributed by atoms with E-state index in [1.807, 2.05) is 0 Å². The maximum Gasteiger partial charge on any atom is 0.306 e. The lowest BCUT2D eigenvalue weighted by Gasteiger charge is -2.27. The highest BCUT2D eigenvalue weighted by Crippen LogP contribution is 2.35. The van der Waals surface area contributed by atoms with E-state index in [9.17, 15) is 9.59 Å². The van der Waals surface area contributed by atoms with Crippen molar-refractivity contribution in [2.45, 2.75) is 250 Å². The molecule has 2 fully saturated rings. The fourth-order valence-corrected chi connectivity index (χ4v) is 7.56. The number of unbranched alkanes of at least 4 members (excludes halogenated alkanes) is 17.